The molecule has 0 fully saturated rings. The zero-order chi connectivity index (χ0) is 12.3. The predicted molar refractivity (Wildman–Crippen MR) is 62.5 cm³/mol. The van der Waals surface area contributed by atoms with Crippen molar-refractivity contribution in [2.45, 2.75) is 6.23 Å². The van der Waals surface area contributed by atoms with Crippen LogP contribution in [0.4, 0.5) is 0 Å². The maximum atomic E-state index is 11.3. The molecule has 0 aliphatic carbocycles. The number of rotatable bonds is 3. The number of aliphatic hydroxyl groups is 1. The third-order valence-electron chi connectivity index (χ3n) is 2.37. The highest BCUT2D eigenvalue weighted by atomic mass is 16.3. The summed E-state index contributed by atoms with van der Waals surface area (Å²) in [5.74, 6) is -1.000. The van der Waals surface area contributed by atoms with E-state index in [1.807, 2.05) is 30.3 Å². The standard InChI is InChI=1S/C13H11NO3/c15-11(14-12(16)8-9-13(14)17)7-6-10-4-2-1-3-5-10/h1-9,11,15H. The van der Waals surface area contributed by atoms with Gasteiger partial charge in [-0.25, -0.2) is 4.90 Å². The molecule has 1 unspecified atom stereocenters. The van der Waals surface area contributed by atoms with Crippen molar-refractivity contribution in [1.82, 2.24) is 4.90 Å². The third kappa shape index (κ3) is 2.49. The van der Waals surface area contributed by atoms with E-state index in [9.17, 15) is 14.7 Å². The zero-order valence-electron chi connectivity index (χ0n) is 8.98. The minimum Gasteiger partial charge on any atom is -0.369 e. The van der Waals surface area contributed by atoms with E-state index in [0.29, 0.717) is 0 Å². The summed E-state index contributed by atoms with van der Waals surface area (Å²) < 4.78 is 0. The molecular formula is C13H11NO3. The van der Waals surface area contributed by atoms with Crippen LogP contribution < -0.4 is 0 Å². The van der Waals surface area contributed by atoms with E-state index in [2.05, 4.69) is 0 Å². The molecule has 0 radical (unpaired) electrons. The summed E-state index contributed by atoms with van der Waals surface area (Å²) in [5, 5.41) is 9.71. The quantitative estimate of drug-likeness (QED) is 0.785. The second-order valence-corrected chi connectivity index (χ2v) is 3.56. The third-order valence-corrected chi connectivity index (χ3v) is 2.37. The van der Waals surface area contributed by atoms with E-state index in [4.69, 9.17) is 0 Å². The number of benzene rings is 1. The minimum atomic E-state index is -1.23. The minimum absolute atomic E-state index is 0.500. The molecule has 0 spiro atoms. The van der Waals surface area contributed by atoms with E-state index in [-0.39, 0.29) is 0 Å². The molecule has 17 heavy (non-hydrogen) atoms. The van der Waals surface area contributed by atoms with Gasteiger partial charge in [0.1, 0.15) is 0 Å². The molecule has 2 amide bonds. The number of imide groups is 1. The average Bonchev–Trinajstić information content (AvgIpc) is 2.67. The lowest BCUT2D eigenvalue weighted by atomic mass is 10.2. The molecule has 1 N–H and O–H groups in total. The van der Waals surface area contributed by atoms with Crippen molar-refractivity contribution in [3.05, 3.63) is 54.1 Å². The number of hydrogen-bond donors (Lipinski definition) is 1. The second kappa shape index (κ2) is 4.76. The van der Waals surface area contributed by atoms with Gasteiger partial charge in [-0.2, -0.15) is 0 Å². The first-order chi connectivity index (χ1) is 8.18. The molecule has 2 rings (SSSR count). The maximum absolute atomic E-state index is 11.3. The van der Waals surface area contributed by atoms with Crippen molar-refractivity contribution < 1.29 is 14.7 Å². The van der Waals surface area contributed by atoms with Gasteiger partial charge in [0.2, 0.25) is 0 Å². The molecule has 1 aromatic rings. The predicted octanol–water partition coefficient (Wildman–Crippen LogP) is 0.943. The van der Waals surface area contributed by atoms with Gasteiger partial charge in [-0.05, 0) is 11.6 Å². The van der Waals surface area contributed by atoms with Crippen LogP contribution in [0.15, 0.2) is 48.6 Å². The lowest BCUT2D eigenvalue weighted by molar-refractivity contribution is -0.144. The van der Waals surface area contributed by atoms with Gasteiger partial charge in [-0.1, -0.05) is 36.4 Å². The maximum Gasteiger partial charge on any atom is 0.256 e. The highest BCUT2D eigenvalue weighted by molar-refractivity contribution is 6.13. The summed E-state index contributed by atoms with van der Waals surface area (Å²) in [6.45, 7) is 0. The van der Waals surface area contributed by atoms with E-state index in [1.165, 1.54) is 6.08 Å². The van der Waals surface area contributed by atoms with Crippen molar-refractivity contribution in [2.24, 2.45) is 0 Å². The van der Waals surface area contributed by atoms with Gasteiger partial charge in [0.25, 0.3) is 11.8 Å². The first-order valence-corrected chi connectivity index (χ1v) is 5.15. The molecule has 1 heterocycles. The molecule has 0 aromatic heterocycles. The van der Waals surface area contributed by atoms with Gasteiger partial charge in [-0.15, -0.1) is 0 Å². The monoisotopic (exact) mass is 229 g/mol. The van der Waals surface area contributed by atoms with Crippen molar-refractivity contribution in [3.8, 4) is 0 Å². The SMILES string of the molecule is O=C1C=CC(=O)N1C(O)C=Cc1ccccc1. The first-order valence-electron chi connectivity index (χ1n) is 5.15. The fraction of sp³-hybridized carbons (Fsp3) is 0.0769. The smallest absolute Gasteiger partial charge is 0.256 e. The Morgan fingerprint density at radius 2 is 1.65 bits per heavy atom. The number of aliphatic hydroxyl groups excluding tert-OH is 1. The van der Waals surface area contributed by atoms with Crippen molar-refractivity contribution in [1.29, 1.82) is 0 Å². The normalized spacial score (nSPS) is 17.1. The Kier molecular flexibility index (Phi) is 3.16. The summed E-state index contributed by atoms with van der Waals surface area (Å²) in [6.07, 6.45) is 4.11. The molecule has 86 valence electrons. The van der Waals surface area contributed by atoms with Crippen LogP contribution in [0.5, 0.6) is 0 Å². The molecule has 1 aromatic carbocycles. The molecule has 0 bridgehead atoms. The number of carbonyl (C=O) groups excluding carboxylic acids is 2. The van der Waals surface area contributed by atoms with Gasteiger partial charge < -0.3 is 5.11 Å². The molecule has 0 saturated heterocycles. The highest BCUT2D eigenvalue weighted by Crippen LogP contribution is 2.10. The Morgan fingerprint density at radius 1 is 1.06 bits per heavy atom. The second-order valence-electron chi connectivity index (χ2n) is 3.56. The lowest BCUT2D eigenvalue weighted by Crippen LogP contribution is -2.38. The van der Waals surface area contributed by atoms with Gasteiger partial charge in [0.05, 0.1) is 0 Å². The van der Waals surface area contributed by atoms with Crippen molar-refractivity contribution in [3.63, 3.8) is 0 Å². The van der Waals surface area contributed by atoms with Crippen LogP contribution in [-0.4, -0.2) is 28.0 Å². The summed E-state index contributed by atoms with van der Waals surface area (Å²) in [5.41, 5.74) is 0.888. The van der Waals surface area contributed by atoms with E-state index < -0.39 is 18.0 Å². The van der Waals surface area contributed by atoms with Crippen LogP contribution in [0, 0.1) is 0 Å². The van der Waals surface area contributed by atoms with Crippen LogP contribution in [0.1, 0.15) is 5.56 Å². The van der Waals surface area contributed by atoms with E-state index in [0.717, 1.165) is 22.6 Å². The van der Waals surface area contributed by atoms with E-state index in [1.54, 1.807) is 6.08 Å². The number of amides is 2. The van der Waals surface area contributed by atoms with Crippen LogP contribution in [-0.2, 0) is 9.59 Å². The molecule has 4 nitrogen and oxygen atoms in total. The summed E-state index contributed by atoms with van der Waals surface area (Å²) in [6, 6.07) is 9.31. The molecule has 0 saturated carbocycles. The molecule has 1 atom stereocenters. The van der Waals surface area contributed by atoms with Crippen molar-refractivity contribution >= 4 is 17.9 Å². The van der Waals surface area contributed by atoms with Gasteiger partial charge in [-0.3, -0.25) is 9.59 Å². The fourth-order valence-corrected chi connectivity index (χ4v) is 1.52. The highest BCUT2D eigenvalue weighted by Gasteiger charge is 2.28. The van der Waals surface area contributed by atoms with Gasteiger partial charge in [0, 0.05) is 12.2 Å². The largest absolute Gasteiger partial charge is 0.369 e. The summed E-state index contributed by atoms with van der Waals surface area (Å²) >= 11 is 0. The number of hydrogen-bond acceptors (Lipinski definition) is 3. The fourth-order valence-electron chi connectivity index (χ4n) is 1.52. The number of nitrogens with zero attached hydrogens (tertiary/aromatic N) is 1. The zero-order valence-corrected chi connectivity index (χ0v) is 8.98. The Hall–Kier alpha value is -2.20. The topological polar surface area (TPSA) is 57.6 Å². The Balaban J connectivity index is 2.07. The van der Waals surface area contributed by atoms with Crippen LogP contribution in [0.2, 0.25) is 0 Å². The number of carbonyl (C=O) groups is 2. The molecular weight excluding hydrogens is 218 g/mol. The van der Waals surface area contributed by atoms with Crippen LogP contribution in [0.3, 0.4) is 0 Å². The Bertz CT molecular complexity index is 473. The first kappa shape index (κ1) is 11.3. The Labute approximate surface area is 98.5 Å². The average molecular weight is 229 g/mol. The van der Waals surface area contributed by atoms with Crippen LogP contribution in [0.25, 0.3) is 6.08 Å². The molecule has 1 aliphatic heterocycles. The Morgan fingerprint density at radius 3 is 2.24 bits per heavy atom. The van der Waals surface area contributed by atoms with Crippen LogP contribution >= 0.6 is 0 Å². The lowest BCUT2D eigenvalue weighted by Gasteiger charge is -2.17. The van der Waals surface area contributed by atoms with Crippen molar-refractivity contribution in [2.75, 3.05) is 0 Å². The summed E-state index contributed by atoms with van der Waals surface area (Å²) in [7, 11) is 0. The molecule has 1 aliphatic rings. The summed E-state index contributed by atoms with van der Waals surface area (Å²) in [4.78, 5) is 23.3. The van der Waals surface area contributed by atoms with Gasteiger partial charge in [0.15, 0.2) is 6.23 Å². The van der Waals surface area contributed by atoms with E-state index >= 15 is 0 Å². The van der Waals surface area contributed by atoms with Gasteiger partial charge >= 0.3 is 0 Å². The molecule has 4 heteroatoms.